The summed E-state index contributed by atoms with van der Waals surface area (Å²) in [5.41, 5.74) is 2.02. The van der Waals surface area contributed by atoms with Gasteiger partial charge in [-0.15, -0.1) is 13.2 Å². The van der Waals surface area contributed by atoms with Gasteiger partial charge < -0.3 is 20.3 Å². The summed E-state index contributed by atoms with van der Waals surface area (Å²) < 4.78 is 43.9. The van der Waals surface area contributed by atoms with E-state index in [1.165, 1.54) is 18.2 Å². The zero-order chi connectivity index (χ0) is 29.7. The van der Waals surface area contributed by atoms with E-state index in [9.17, 15) is 27.6 Å². The number of amides is 3. The third kappa shape index (κ3) is 7.46. The zero-order valence-electron chi connectivity index (χ0n) is 22.4. The van der Waals surface area contributed by atoms with E-state index in [4.69, 9.17) is 0 Å². The highest BCUT2D eigenvalue weighted by molar-refractivity contribution is 9.10. The van der Waals surface area contributed by atoms with Gasteiger partial charge in [-0.05, 0) is 78.0 Å². The molecule has 3 amide bonds. The van der Waals surface area contributed by atoms with Crippen molar-refractivity contribution in [1.29, 1.82) is 0 Å². The minimum Gasteiger partial charge on any atom is -0.406 e. The summed E-state index contributed by atoms with van der Waals surface area (Å²) in [6.45, 7) is 3.74. The summed E-state index contributed by atoms with van der Waals surface area (Å²) in [6, 6.07) is 17.0. The number of halogens is 4. The van der Waals surface area contributed by atoms with Crippen molar-refractivity contribution in [3.8, 4) is 5.75 Å². The highest BCUT2D eigenvalue weighted by Gasteiger charge is 2.36. The Balaban J connectivity index is 1.63. The standard InChI is InChI=1S/C30H29BrF3N3O4/c1-18(2)37-25-13-7-3-9-19(25)15-16-23(29(37)40)35-28(39)24(36-27(38)21-11-5-6-12-22(21)31)17-20-10-4-8-14-26(20)41-30(32,33)34/h3-14,18,23-24H,15-17H2,1-2H3,(H,35,39)(H,36,38)/t23-,24-/m1/s1. The molecule has 0 unspecified atom stereocenters. The smallest absolute Gasteiger partial charge is 0.406 e. The van der Waals surface area contributed by atoms with E-state index in [2.05, 4.69) is 31.3 Å². The molecule has 1 aliphatic rings. The van der Waals surface area contributed by atoms with Gasteiger partial charge in [-0.25, -0.2) is 0 Å². The van der Waals surface area contributed by atoms with Crippen molar-refractivity contribution in [1.82, 2.24) is 10.6 Å². The van der Waals surface area contributed by atoms with Crippen molar-refractivity contribution in [2.24, 2.45) is 0 Å². The third-order valence-corrected chi connectivity index (χ3v) is 7.38. The van der Waals surface area contributed by atoms with Gasteiger partial charge in [0, 0.05) is 22.6 Å². The van der Waals surface area contributed by atoms with Crippen LogP contribution in [0.15, 0.2) is 77.3 Å². The van der Waals surface area contributed by atoms with Gasteiger partial charge in [0.05, 0.1) is 5.56 Å². The number of para-hydroxylation sites is 2. The van der Waals surface area contributed by atoms with Gasteiger partial charge in [-0.1, -0.05) is 48.5 Å². The Bertz CT molecular complexity index is 1430. The highest BCUT2D eigenvalue weighted by atomic mass is 79.9. The number of ether oxygens (including phenoxy) is 1. The van der Waals surface area contributed by atoms with E-state index in [0.29, 0.717) is 17.3 Å². The van der Waals surface area contributed by atoms with E-state index < -0.39 is 36.0 Å². The van der Waals surface area contributed by atoms with Crippen LogP contribution in [-0.2, 0) is 22.4 Å². The number of hydrogen-bond acceptors (Lipinski definition) is 4. The van der Waals surface area contributed by atoms with Crippen LogP contribution < -0.4 is 20.3 Å². The normalized spacial score (nSPS) is 16.0. The van der Waals surface area contributed by atoms with Crippen LogP contribution in [0.5, 0.6) is 5.75 Å². The maximum Gasteiger partial charge on any atom is 0.573 e. The maximum atomic E-state index is 13.7. The molecule has 0 fully saturated rings. The van der Waals surface area contributed by atoms with Crippen molar-refractivity contribution in [3.63, 3.8) is 0 Å². The molecule has 0 saturated carbocycles. The Hall–Kier alpha value is -3.86. The Morgan fingerprint density at radius 2 is 1.68 bits per heavy atom. The first-order chi connectivity index (χ1) is 19.4. The number of carbonyl (C=O) groups is 3. The number of hydrogen-bond donors (Lipinski definition) is 2. The lowest BCUT2D eigenvalue weighted by Crippen LogP contribution is -2.55. The predicted octanol–water partition coefficient (Wildman–Crippen LogP) is 5.56. The number of aryl methyl sites for hydroxylation is 1. The maximum absolute atomic E-state index is 13.7. The third-order valence-electron chi connectivity index (χ3n) is 6.68. The summed E-state index contributed by atoms with van der Waals surface area (Å²) in [4.78, 5) is 42.1. The molecule has 3 aromatic rings. The average Bonchev–Trinajstić information content (AvgIpc) is 3.04. The number of rotatable bonds is 8. The number of alkyl halides is 3. The van der Waals surface area contributed by atoms with Gasteiger partial charge >= 0.3 is 6.36 Å². The van der Waals surface area contributed by atoms with Crippen molar-refractivity contribution < 1.29 is 32.3 Å². The largest absolute Gasteiger partial charge is 0.573 e. The van der Waals surface area contributed by atoms with Crippen LogP contribution in [0.25, 0.3) is 0 Å². The molecule has 0 aliphatic carbocycles. The van der Waals surface area contributed by atoms with Crippen LogP contribution in [0.2, 0.25) is 0 Å². The molecule has 0 aromatic heterocycles. The van der Waals surface area contributed by atoms with Crippen LogP contribution in [0.4, 0.5) is 18.9 Å². The predicted molar refractivity (Wildman–Crippen MR) is 152 cm³/mol. The fraction of sp³-hybridized carbons (Fsp3) is 0.300. The highest BCUT2D eigenvalue weighted by Crippen LogP contribution is 2.30. The van der Waals surface area contributed by atoms with Crippen LogP contribution in [0.3, 0.4) is 0 Å². The van der Waals surface area contributed by atoms with Gasteiger partial charge in [0.15, 0.2) is 0 Å². The number of fused-ring (bicyclic) bond motifs is 1. The molecule has 11 heteroatoms. The van der Waals surface area contributed by atoms with E-state index in [-0.39, 0.29) is 29.5 Å². The Labute approximate surface area is 244 Å². The molecule has 0 radical (unpaired) electrons. The molecule has 3 aromatic carbocycles. The molecular weight excluding hydrogens is 603 g/mol. The Morgan fingerprint density at radius 3 is 2.39 bits per heavy atom. The lowest BCUT2D eigenvalue weighted by atomic mass is 10.0. The topological polar surface area (TPSA) is 87.7 Å². The number of benzene rings is 3. The Morgan fingerprint density at radius 1 is 1.02 bits per heavy atom. The summed E-state index contributed by atoms with van der Waals surface area (Å²) >= 11 is 3.31. The van der Waals surface area contributed by atoms with Crippen molar-refractivity contribution in [2.75, 3.05) is 4.90 Å². The van der Waals surface area contributed by atoms with E-state index >= 15 is 0 Å². The molecule has 7 nitrogen and oxygen atoms in total. The SMILES string of the molecule is CC(C)N1C(=O)[C@H](NC(=O)[C@@H](Cc2ccccc2OC(F)(F)F)NC(=O)c2ccccc2Br)CCc2ccccc21. The molecule has 1 heterocycles. The molecular formula is C30H29BrF3N3O4. The van der Waals surface area contributed by atoms with Gasteiger partial charge in [-0.2, -0.15) is 0 Å². The molecule has 41 heavy (non-hydrogen) atoms. The molecule has 216 valence electrons. The molecule has 2 atom stereocenters. The molecule has 0 bridgehead atoms. The minimum atomic E-state index is -4.95. The minimum absolute atomic E-state index is 0.0563. The monoisotopic (exact) mass is 631 g/mol. The molecule has 0 spiro atoms. The number of carbonyl (C=O) groups excluding carboxylic acids is 3. The fourth-order valence-corrected chi connectivity index (χ4v) is 5.28. The summed E-state index contributed by atoms with van der Waals surface area (Å²) in [5.74, 6) is -2.12. The quantitative estimate of drug-likeness (QED) is 0.341. The molecule has 2 N–H and O–H groups in total. The van der Waals surface area contributed by atoms with Gasteiger partial charge in [0.2, 0.25) is 11.8 Å². The lowest BCUT2D eigenvalue weighted by molar-refractivity contribution is -0.274. The van der Waals surface area contributed by atoms with Gasteiger partial charge in [0.25, 0.3) is 5.91 Å². The van der Waals surface area contributed by atoms with Crippen molar-refractivity contribution in [2.45, 2.75) is 57.6 Å². The summed E-state index contributed by atoms with van der Waals surface area (Å²) in [7, 11) is 0. The van der Waals surface area contributed by atoms with E-state index in [1.807, 2.05) is 38.1 Å². The number of nitrogens with zero attached hydrogens (tertiary/aromatic N) is 1. The first-order valence-electron chi connectivity index (χ1n) is 13.0. The molecule has 4 rings (SSSR count). The average molecular weight is 632 g/mol. The van der Waals surface area contributed by atoms with Gasteiger partial charge in [-0.3, -0.25) is 14.4 Å². The summed E-state index contributed by atoms with van der Waals surface area (Å²) in [6.07, 6.45) is -4.44. The molecule has 0 saturated heterocycles. The van der Waals surface area contributed by atoms with Crippen LogP contribution in [0, 0.1) is 0 Å². The zero-order valence-corrected chi connectivity index (χ0v) is 24.0. The lowest BCUT2D eigenvalue weighted by Gasteiger charge is -2.30. The second-order valence-electron chi connectivity index (χ2n) is 9.90. The fourth-order valence-electron chi connectivity index (χ4n) is 4.81. The van der Waals surface area contributed by atoms with Gasteiger partial charge in [0.1, 0.15) is 17.8 Å². The number of nitrogens with one attached hydrogen (secondary N) is 2. The van der Waals surface area contributed by atoms with Crippen molar-refractivity contribution >= 4 is 39.3 Å². The van der Waals surface area contributed by atoms with Crippen LogP contribution >= 0.6 is 15.9 Å². The molecule has 1 aliphatic heterocycles. The first kappa shape index (κ1) is 30.1. The Kier molecular flexibility index (Phi) is 9.37. The number of anilines is 1. The van der Waals surface area contributed by atoms with Crippen molar-refractivity contribution in [3.05, 3.63) is 94.0 Å². The first-order valence-corrected chi connectivity index (χ1v) is 13.8. The van der Waals surface area contributed by atoms with Crippen LogP contribution in [-0.4, -0.2) is 42.2 Å². The second kappa shape index (κ2) is 12.8. The summed E-state index contributed by atoms with van der Waals surface area (Å²) in [5, 5.41) is 5.41. The second-order valence-corrected chi connectivity index (χ2v) is 10.8. The van der Waals surface area contributed by atoms with Crippen LogP contribution in [0.1, 0.15) is 41.8 Å². The van der Waals surface area contributed by atoms with E-state index in [1.54, 1.807) is 29.2 Å². The van der Waals surface area contributed by atoms with E-state index in [0.717, 1.165) is 17.3 Å².